The zero-order valence-electron chi connectivity index (χ0n) is 9.83. The Bertz CT molecular complexity index is 395. The lowest BCUT2D eigenvalue weighted by molar-refractivity contribution is 0.233. The molecular weight excluding hydrogens is 253 g/mol. The quantitative estimate of drug-likeness (QED) is 0.738. The van der Waals surface area contributed by atoms with Gasteiger partial charge in [-0.3, -0.25) is 4.90 Å². The second kappa shape index (κ2) is 5.90. The monoisotopic (exact) mass is 269 g/mol. The lowest BCUT2D eigenvalue weighted by atomic mass is 9.89. The summed E-state index contributed by atoms with van der Waals surface area (Å²) in [5, 5.41) is 1.40. The van der Waals surface area contributed by atoms with Crippen molar-refractivity contribution in [3.05, 3.63) is 46.5 Å². The van der Waals surface area contributed by atoms with Gasteiger partial charge in [-0.1, -0.05) is 41.4 Å². The Labute approximate surface area is 113 Å². The predicted molar refractivity (Wildman–Crippen MR) is 75.1 cm³/mol. The minimum Gasteiger partial charge on any atom is -0.300 e. The van der Waals surface area contributed by atoms with Crippen LogP contribution in [0.3, 0.4) is 0 Å². The number of hydrogen-bond acceptors (Lipinski definition) is 1. The summed E-state index contributed by atoms with van der Waals surface area (Å²) in [6.45, 7) is 6.98. The number of benzene rings is 1. The summed E-state index contributed by atoms with van der Waals surface area (Å²) >= 11 is 12.3. The molecule has 2 rings (SSSR count). The van der Waals surface area contributed by atoms with Crippen LogP contribution < -0.4 is 0 Å². The van der Waals surface area contributed by atoms with Crippen LogP contribution in [0.2, 0.25) is 10.0 Å². The van der Waals surface area contributed by atoms with Crippen LogP contribution >= 0.6 is 23.2 Å². The standard InChI is InChI=1S/C14H17Cl2N/c1-2-8-17-9-6-11(7-10-17)12-4-3-5-13(15)14(12)16/h2-5,11H,1,6-10H2. The number of piperidine rings is 1. The average Bonchev–Trinajstić information content (AvgIpc) is 2.34. The number of likely N-dealkylation sites (tertiary alicyclic amines) is 1. The van der Waals surface area contributed by atoms with Gasteiger partial charge in [-0.15, -0.1) is 6.58 Å². The van der Waals surface area contributed by atoms with Crippen molar-refractivity contribution < 1.29 is 0 Å². The van der Waals surface area contributed by atoms with Gasteiger partial charge in [0, 0.05) is 6.54 Å². The average molecular weight is 270 g/mol. The molecule has 0 saturated carbocycles. The minimum atomic E-state index is 0.544. The first-order valence-corrected chi connectivity index (χ1v) is 6.75. The SMILES string of the molecule is C=CCN1CCC(c2cccc(Cl)c2Cl)CC1. The Balaban J connectivity index is 2.05. The number of halogens is 2. The summed E-state index contributed by atoms with van der Waals surface area (Å²) in [6.07, 6.45) is 4.26. The van der Waals surface area contributed by atoms with Gasteiger partial charge in [0.05, 0.1) is 10.0 Å². The van der Waals surface area contributed by atoms with Crippen LogP contribution in [-0.4, -0.2) is 24.5 Å². The molecule has 1 aromatic carbocycles. The van der Waals surface area contributed by atoms with Crippen molar-refractivity contribution in [1.82, 2.24) is 4.90 Å². The third kappa shape index (κ3) is 3.04. The molecule has 0 N–H and O–H groups in total. The van der Waals surface area contributed by atoms with Gasteiger partial charge in [0.1, 0.15) is 0 Å². The van der Waals surface area contributed by atoms with Gasteiger partial charge < -0.3 is 0 Å². The van der Waals surface area contributed by atoms with Crippen molar-refractivity contribution in [3.8, 4) is 0 Å². The highest BCUT2D eigenvalue weighted by atomic mass is 35.5. The molecule has 0 spiro atoms. The Kier molecular flexibility index (Phi) is 4.49. The molecule has 1 aromatic rings. The fourth-order valence-corrected chi connectivity index (χ4v) is 2.91. The van der Waals surface area contributed by atoms with E-state index in [4.69, 9.17) is 23.2 Å². The molecule has 0 bridgehead atoms. The molecule has 0 aromatic heterocycles. The fraction of sp³-hybridized carbons (Fsp3) is 0.429. The summed E-state index contributed by atoms with van der Waals surface area (Å²) in [7, 11) is 0. The molecule has 0 atom stereocenters. The van der Waals surface area contributed by atoms with Crippen molar-refractivity contribution in [3.63, 3.8) is 0 Å². The zero-order valence-corrected chi connectivity index (χ0v) is 11.3. The maximum atomic E-state index is 6.26. The van der Waals surface area contributed by atoms with Gasteiger partial charge in [0.2, 0.25) is 0 Å². The van der Waals surface area contributed by atoms with E-state index >= 15 is 0 Å². The molecule has 0 aliphatic carbocycles. The Morgan fingerprint density at radius 2 is 2.00 bits per heavy atom. The first kappa shape index (κ1) is 12.9. The van der Waals surface area contributed by atoms with Crippen molar-refractivity contribution in [1.29, 1.82) is 0 Å². The molecule has 0 radical (unpaired) electrons. The van der Waals surface area contributed by atoms with Crippen LogP contribution in [0.1, 0.15) is 24.3 Å². The highest BCUT2D eigenvalue weighted by molar-refractivity contribution is 6.42. The largest absolute Gasteiger partial charge is 0.300 e. The van der Waals surface area contributed by atoms with E-state index in [9.17, 15) is 0 Å². The highest BCUT2D eigenvalue weighted by Crippen LogP contribution is 2.36. The third-order valence-electron chi connectivity index (χ3n) is 3.40. The van der Waals surface area contributed by atoms with Crippen LogP contribution in [0.5, 0.6) is 0 Å². The van der Waals surface area contributed by atoms with Gasteiger partial charge in [-0.2, -0.15) is 0 Å². The van der Waals surface area contributed by atoms with E-state index in [0.29, 0.717) is 10.9 Å². The Morgan fingerprint density at radius 3 is 2.65 bits per heavy atom. The van der Waals surface area contributed by atoms with Gasteiger partial charge in [-0.05, 0) is 43.5 Å². The highest BCUT2D eigenvalue weighted by Gasteiger charge is 2.22. The van der Waals surface area contributed by atoms with E-state index in [0.717, 1.165) is 37.5 Å². The Hall–Kier alpha value is -0.500. The van der Waals surface area contributed by atoms with Crippen LogP contribution in [0.15, 0.2) is 30.9 Å². The molecule has 17 heavy (non-hydrogen) atoms. The summed E-state index contributed by atoms with van der Waals surface area (Å²) < 4.78 is 0. The van der Waals surface area contributed by atoms with Gasteiger partial charge in [0.25, 0.3) is 0 Å². The van der Waals surface area contributed by atoms with E-state index in [2.05, 4.69) is 17.5 Å². The maximum absolute atomic E-state index is 6.26. The van der Waals surface area contributed by atoms with Gasteiger partial charge in [0.15, 0.2) is 0 Å². The molecule has 0 unspecified atom stereocenters. The maximum Gasteiger partial charge on any atom is 0.0627 e. The topological polar surface area (TPSA) is 3.24 Å². The lowest BCUT2D eigenvalue weighted by Crippen LogP contribution is -2.33. The molecule has 1 aliphatic heterocycles. The minimum absolute atomic E-state index is 0.544. The van der Waals surface area contributed by atoms with Crippen LogP contribution in [0, 0.1) is 0 Å². The first-order chi connectivity index (χ1) is 8.22. The van der Waals surface area contributed by atoms with Crippen LogP contribution in [0.4, 0.5) is 0 Å². The van der Waals surface area contributed by atoms with Crippen molar-refractivity contribution in [2.45, 2.75) is 18.8 Å². The molecule has 1 nitrogen and oxygen atoms in total. The predicted octanol–water partition coefficient (Wildman–Crippen LogP) is 4.36. The third-order valence-corrected chi connectivity index (χ3v) is 4.23. The molecule has 0 amide bonds. The van der Waals surface area contributed by atoms with Gasteiger partial charge in [-0.25, -0.2) is 0 Å². The van der Waals surface area contributed by atoms with E-state index in [1.807, 2.05) is 18.2 Å². The molecule has 1 fully saturated rings. The van der Waals surface area contributed by atoms with Gasteiger partial charge >= 0.3 is 0 Å². The molecule has 1 saturated heterocycles. The van der Waals surface area contributed by atoms with Crippen molar-refractivity contribution in [2.75, 3.05) is 19.6 Å². The smallest absolute Gasteiger partial charge is 0.0627 e. The Morgan fingerprint density at radius 1 is 1.29 bits per heavy atom. The molecular formula is C14H17Cl2N. The molecule has 1 heterocycles. The summed E-state index contributed by atoms with van der Waals surface area (Å²) in [5.41, 5.74) is 1.21. The van der Waals surface area contributed by atoms with Crippen molar-refractivity contribution >= 4 is 23.2 Å². The number of nitrogens with zero attached hydrogens (tertiary/aromatic N) is 1. The zero-order chi connectivity index (χ0) is 12.3. The fourth-order valence-electron chi connectivity index (χ4n) is 2.44. The first-order valence-electron chi connectivity index (χ1n) is 5.99. The van der Waals surface area contributed by atoms with E-state index < -0.39 is 0 Å². The second-order valence-electron chi connectivity index (χ2n) is 4.51. The van der Waals surface area contributed by atoms with E-state index in [1.54, 1.807) is 0 Å². The summed E-state index contributed by atoms with van der Waals surface area (Å²) in [4.78, 5) is 2.42. The van der Waals surface area contributed by atoms with Crippen LogP contribution in [0.25, 0.3) is 0 Å². The lowest BCUT2D eigenvalue weighted by Gasteiger charge is -2.31. The summed E-state index contributed by atoms with van der Waals surface area (Å²) in [5.74, 6) is 0.544. The summed E-state index contributed by atoms with van der Waals surface area (Å²) in [6, 6.07) is 5.93. The number of rotatable bonds is 3. The van der Waals surface area contributed by atoms with Crippen LogP contribution in [-0.2, 0) is 0 Å². The van der Waals surface area contributed by atoms with Crippen molar-refractivity contribution in [2.24, 2.45) is 0 Å². The van der Waals surface area contributed by atoms with E-state index in [-0.39, 0.29) is 0 Å². The number of hydrogen-bond donors (Lipinski definition) is 0. The molecule has 92 valence electrons. The molecule has 3 heteroatoms. The molecule has 1 aliphatic rings. The van der Waals surface area contributed by atoms with E-state index in [1.165, 1.54) is 5.56 Å². The second-order valence-corrected chi connectivity index (χ2v) is 5.29. The normalized spacial score (nSPS) is 18.2.